The molecule has 1 aliphatic heterocycles. The lowest BCUT2D eigenvalue weighted by molar-refractivity contribution is -0.307. The van der Waals surface area contributed by atoms with Crippen LogP contribution in [0.25, 0.3) is 6.08 Å². The van der Waals surface area contributed by atoms with Crippen molar-refractivity contribution in [1.82, 2.24) is 5.32 Å². The molecule has 0 unspecified atom stereocenters. The van der Waals surface area contributed by atoms with E-state index >= 15 is 0 Å². The molecule has 1 saturated heterocycles. The van der Waals surface area contributed by atoms with E-state index in [-0.39, 0.29) is 5.57 Å². The van der Waals surface area contributed by atoms with Gasteiger partial charge in [-0.15, -0.1) is 0 Å². The summed E-state index contributed by atoms with van der Waals surface area (Å²) in [5.41, 5.74) is 0.628. The molecule has 136 valence electrons. The number of carbonyl (C=O) groups is 4. The highest BCUT2D eigenvalue weighted by Crippen LogP contribution is 2.22. The Hall–Kier alpha value is -3.94. The Morgan fingerprint density at radius 3 is 2.33 bits per heavy atom. The number of benzene rings is 2. The van der Waals surface area contributed by atoms with E-state index < -0.39 is 30.4 Å². The van der Waals surface area contributed by atoms with Gasteiger partial charge < -0.3 is 14.6 Å². The van der Waals surface area contributed by atoms with E-state index in [2.05, 4.69) is 5.32 Å². The number of aliphatic carboxylic acids is 1. The first kappa shape index (κ1) is 17.9. The maximum Gasteiger partial charge on any atom is 0.335 e. The van der Waals surface area contributed by atoms with Gasteiger partial charge in [-0.25, -0.2) is 9.69 Å². The number of carbonyl (C=O) groups excluding carboxylic acids is 4. The number of nitrogens with zero attached hydrogens (tertiary/aromatic N) is 1. The molecule has 0 atom stereocenters. The molecule has 0 spiro atoms. The SMILES string of the molecule is O=C([O-])COc1ccc(/C=C2\C(=O)NC(=O)N(c3ccccc3)C2=O)cc1. The van der Waals surface area contributed by atoms with Gasteiger partial charge in [0.1, 0.15) is 17.9 Å². The van der Waals surface area contributed by atoms with Gasteiger partial charge in [0.2, 0.25) is 0 Å². The van der Waals surface area contributed by atoms with E-state index in [0.29, 0.717) is 17.0 Å². The Morgan fingerprint density at radius 2 is 1.70 bits per heavy atom. The van der Waals surface area contributed by atoms with Crippen LogP contribution in [0.4, 0.5) is 10.5 Å². The molecule has 1 heterocycles. The summed E-state index contributed by atoms with van der Waals surface area (Å²) in [5, 5.41) is 12.5. The molecule has 2 aromatic carbocycles. The summed E-state index contributed by atoms with van der Waals surface area (Å²) >= 11 is 0. The van der Waals surface area contributed by atoms with Crippen LogP contribution in [0.3, 0.4) is 0 Å². The molecule has 3 rings (SSSR count). The van der Waals surface area contributed by atoms with E-state index in [4.69, 9.17) is 4.74 Å². The number of nitrogens with one attached hydrogen (secondary N) is 1. The number of anilines is 1. The normalized spacial score (nSPS) is 15.6. The van der Waals surface area contributed by atoms with Crippen molar-refractivity contribution in [3.8, 4) is 5.75 Å². The minimum atomic E-state index is -1.35. The number of hydrogen-bond donors (Lipinski definition) is 1. The van der Waals surface area contributed by atoms with E-state index in [1.54, 1.807) is 42.5 Å². The highest BCUT2D eigenvalue weighted by atomic mass is 16.5. The molecule has 4 amide bonds. The second kappa shape index (κ2) is 7.52. The lowest BCUT2D eigenvalue weighted by atomic mass is 10.1. The lowest BCUT2D eigenvalue weighted by Crippen LogP contribution is -2.54. The Balaban J connectivity index is 1.86. The second-order valence-electron chi connectivity index (χ2n) is 5.52. The molecule has 8 nitrogen and oxygen atoms in total. The van der Waals surface area contributed by atoms with Crippen LogP contribution in [0.15, 0.2) is 60.2 Å². The molecule has 1 N–H and O–H groups in total. The predicted octanol–water partition coefficient (Wildman–Crippen LogP) is 0.482. The van der Waals surface area contributed by atoms with E-state index in [9.17, 15) is 24.3 Å². The first-order valence-corrected chi connectivity index (χ1v) is 7.85. The summed E-state index contributed by atoms with van der Waals surface area (Å²) in [6, 6.07) is 13.5. The van der Waals surface area contributed by atoms with Gasteiger partial charge in [0.15, 0.2) is 0 Å². The summed E-state index contributed by atoms with van der Waals surface area (Å²) in [6.07, 6.45) is 1.34. The fourth-order valence-electron chi connectivity index (χ4n) is 2.44. The third kappa shape index (κ3) is 4.01. The Morgan fingerprint density at radius 1 is 1.04 bits per heavy atom. The van der Waals surface area contributed by atoms with E-state index in [1.165, 1.54) is 18.2 Å². The highest BCUT2D eigenvalue weighted by molar-refractivity contribution is 6.39. The summed E-state index contributed by atoms with van der Waals surface area (Å²) < 4.78 is 4.96. The molecular weight excluding hydrogens is 352 g/mol. The summed E-state index contributed by atoms with van der Waals surface area (Å²) in [4.78, 5) is 48.1. The Kier molecular flexibility index (Phi) is 4.98. The third-order valence-corrected chi connectivity index (χ3v) is 3.66. The zero-order valence-electron chi connectivity index (χ0n) is 13.9. The number of imide groups is 2. The summed E-state index contributed by atoms with van der Waals surface area (Å²) in [7, 11) is 0. The van der Waals surface area contributed by atoms with Gasteiger partial charge in [-0.2, -0.15) is 0 Å². The van der Waals surface area contributed by atoms with Crippen molar-refractivity contribution >= 4 is 35.6 Å². The van der Waals surface area contributed by atoms with Crippen LogP contribution in [0.5, 0.6) is 5.75 Å². The summed E-state index contributed by atoms with van der Waals surface area (Å²) in [6.45, 7) is -0.588. The van der Waals surface area contributed by atoms with Crippen LogP contribution >= 0.6 is 0 Å². The van der Waals surface area contributed by atoms with Crippen molar-refractivity contribution in [1.29, 1.82) is 0 Å². The number of barbiturate groups is 1. The van der Waals surface area contributed by atoms with E-state index in [0.717, 1.165) is 4.90 Å². The molecule has 0 saturated carbocycles. The van der Waals surface area contributed by atoms with Gasteiger partial charge in [-0.1, -0.05) is 30.3 Å². The fraction of sp³-hybridized carbons (Fsp3) is 0.0526. The van der Waals surface area contributed by atoms with Gasteiger partial charge in [0, 0.05) is 0 Å². The number of amides is 4. The molecule has 1 aliphatic rings. The smallest absolute Gasteiger partial charge is 0.335 e. The van der Waals surface area contributed by atoms with E-state index in [1.807, 2.05) is 0 Å². The lowest BCUT2D eigenvalue weighted by Gasteiger charge is -2.26. The summed E-state index contributed by atoms with van der Waals surface area (Å²) in [5.74, 6) is -2.60. The van der Waals surface area contributed by atoms with Gasteiger partial charge in [0.25, 0.3) is 11.8 Å². The van der Waals surface area contributed by atoms with Crippen LogP contribution in [-0.4, -0.2) is 30.4 Å². The minimum absolute atomic E-state index is 0.207. The van der Waals surface area contributed by atoms with Crippen LogP contribution in [0, 0.1) is 0 Å². The van der Waals surface area contributed by atoms with Crippen molar-refractivity contribution in [2.45, 2.75) is 0 Å². The quantitative estimate of drug-likeness (QED) is 0.609. The number of carboxylic acids is 1. The number of para-hydroxylation sites is 1. The van der Waals surface area contributed by atoms with Crippen molar-refractivity contribution in [2.75, 3.05) is 11.5 Å². The number of urea groups is 1. The van der Waals surface area contributed by atoms with Gasteiger partial charge in [-0.3, -0.25) is 14.9 Å². The van der Waals surface area contributed by atoms with Crippen molar-refractivity contribution in [2.24, 2.45) is 0 Å². The van der Waals surface area contributed by atoms with Crippen LogP contribution in [0.2, 0.25) is 0 Å². The average Bonchev–Trinajstić information content (AvgIpc) is 2.65. The molecule has 27 heavy (non-hydrogen) atoms. The topological polar surface area (TPSA) is 116 Å². The average molecular weight is 365 g/mol. The standard InChI is InChI=1S/C19H14N2O6/c22-16(23)11-27-14-8-6-12(7-9-14)10-15-17(24)20-19(26)21(18(15)25)13-4-2-1-3-5-13/h1-10H,11H2,(H,22,23)(H,20,24,26)/p-1/b15-10+. The largest absolute Gasteiger partial charge is 0.546 e. The number of ether oxygens (including phenoxy) is 1. The Bertz CT molecular complexity index is 934. The number of carboxylic acid groups (broad SMARTS) is 1. The van der Waals surface area contributed by atoms with Crippen LogP contribution in [0.1, 0.15) is 5.56 Å². The van der Waals surface area contributed by atoms with Crippen LogP contribution < -0.4 is 20.1 Å². The predicted molar refractivity (Wildman–Crippen MR) is 92.4 cm³/mol. The van der Waals surface area contributed by atoms with Gasteiger partial charge in [0.05, 0.1) is 11.7 Å². The molecule has 0 aliphatic carbocycles. The third-order valence-electron chi connectivity index (χ3n) is 3.66. The first-order valence-electron chi connectivity index (χ1n) is 7.85. The zero-order valence-corrected chi connectivity index (χ0v) is 13.9. The van der Waals surface area contributed by atoms with Gasteiger partial charge >= 0.3 is 6.03 Å². The zero-order chi connectivity index (χ0) is 19.4. The molecule has 2 aromatic rings. The van der Waals surface area contributed by atoms with Gasteiger partial charge in [-0.05, 0) is 35.9 Å². The van der Waals surface area contributed by atoms with Crippen molar-refractivity contribution in [3.05, 3.63) is 65.7 Å². The number of rotatable bonds is 5. The van der Waals surface area contributed by atoms with Crippen molar-refractivity contribution < 1.29 is 29.0 Å². The maximum absolute atomic E-state index is 12.7. The maximum atomic E-state index is 12.7. The second-order valence-corrected chi connectivity index (χ2v) is 5.52. The molecule has 0 bridgehead atoms. The molecule has 1 fully saturated rings. The number of hydrogen-bond acceptors (Lipinski definition) is 6. The molecule has 0 aromatic heterocycles. The highest BCUT2D eigenvalue weighted by Gasteiger charge is 2.36. The Labute approximate surface area is 153 Å². The molecule has 0 radical (unpaired) electrons. The minimum Gasteiger partial charge on any atom is -0.546 e. The first-order chi connectivity index (χ1) is 13.0. The fourth-order valence-corrected chi connectivity index (χ4v) is 2.44. The molecular formula is C19H13N2O6-. The van der Waals surface area contributed by atoms with Crippen molar-refractivity contribution in [3.63, 3.8) is 0 Å². The van der Waals surface area contributed by atoms with Crippen LogP contribution in [-0.2, 0) is 14.4 Å². The molecule has 8 heteroatoms. The monoisotopic (exact) mass is 365 g/mol.